The van der Waals surface area contributed by atoms with Gasteiger partial charge in [0.2, 0.25) is 0 Å². The number of rotatable bonds is 4. The number of carbonyl (C=O) groups excluding carboxylic acids is 1. The monoisotopic (exact) mass is 248 g/mol. The molecule has 0 aliphatic heterocycles. The Balaban J connectivity index is 3.66. The van der Waals surface area contributed by atoms with Crippen molar-refractivity contribution in [1.82, 2.24) is 0 Å². The lowest BCUT2D eigenvalue weighted by atomic mass is 9.97. The fourth-order valence-electron chi connectivity index (χ4n) is 1.50. The largest absolute Gasteiger partial charge is 0.478 e. The fourth-order valence-corrected chi connectivity index (χ4v) is 1.50. The molecule has 0 bridgehead atoms. The van der Waals surface area contributed by atoms with Crippen molar-refractivity contribution in [3.63, 3.8) is 0 Å². The van der Waals surface area contributed by atoms with E-state index >= 15 is 0 Å². The maximum Gasteiger partial charge on any atom is 0.336 e. The number of nitriles is 1. The molecule has 92 valence electrons. The van der Waals surface area contributed by atoms with E-state index in [9.17, 15) is 14.4 Å². The number of anilines is 1. The highest BCUT2D eigenvalue weighted by molar-refractivity contribution is 6.12. The summed E-state index contributed by atoms with van der Waals surface area (Å²) in [7, 11) is 0. The Kier molecular flexibility index (Phi) is 3.64. The predicted molar refractivity (Wildman–Crippen MR) is 59.6 cm³/mol. The number of hydrogen-bond donors (Lipinski definition) is 3. The van der Waals surface area contributed by atoms with Crippen LogP contribution in [0, 0.1) is 11.5 Å². The third-order valence-corrected chi connectivity index (χ3v) is 2.15. The number of ketones is 1. The van der Waals surface area contributed by atoms with E-state index in [1.807, 2.05) is 0 Å². The lowest BCUT2D eigenvalue weighted by molar-refractivity contribution is 0.0689. The zero-order chi connectivity index (χ0) is 13.9. The van der Waals surface area contributed by atoms with Crippen LogP contribution in [0.3, 0.4) is 0 Å². The molecule has 0 spiro atoms. The lowest BCUT2D eigenvalue weighted by Gasteiger charge is -2.09. The summed E-state index contributed by atoms with van der Waals surface area (Å²) in [5.41, 5.74) is -1.31. The number of nitrogens with one attached hydrogen (secondary N) is 1. The first kappa shape index (κ1) is 13.2. The number of nitrogens with zero attached hydrogens (tertiary/aromatic N) is 1. The van der Waals surface area contributed by atoms with Crippen LogP contribution >= 0.6 is 0 Å². The van der Waals surface area contributed by atoms with Gasteiger partial charge in [0.05, 0.1) is 11.1 Å². The van der Waals surface area contributed by atoms with Gasteiger partial charge in [-0.15, -0.1) is 0 Å². The summed E-state index contributed by atoms with van der Waals surface area (Å²) in [4.78, 5) is 33.4. The van der Waals surface area contributed by atoms with E-state index in [4.69, 9.17) is 15.5 Å². The number of benzene rings is 1. The molecule has 0 saturated carbocycles. The predicted octanol–water partition coefficient (Wildman–Crippen LogP) is 1.18. The molecule has 0 radical (unpaired) electrons. The second-order valence-corrected chi connectivity index (χ2v) is 3.35. The Hall–Kier alpha value is -2.88. The van der Waals surface area contributed by atoms with Crippen LogP contribution in [0.25, 0.3) is 0 Å². The maximum absolute atomic E-state index is 11.4. The highest BCUT2D eigenvalue weighted by Gasteiger charge is 2.23. The first-order chi connectivity index (χ1) is 8.38. The molecule has 0 aliphatic carbocycles. The molecule has 0 unspecified atom stereocenters. The summed E-state index contributed by atoms with van der Waals surface area (Å²) >= 11 is 0. The van der Waals surface area contributed by atoms with Crippen LogP contribution in [-0.2, 0) is 0 Å². The summed E-state index contributed by atoms with van der Waals surface area (Å²) in [5, 5.41) is 28.5. The van der Waals surface area contributed by atoms with Gasteiger partial charge in [0, 0.05) is 11.3 Å². The Bertz CT molecular complexity index is 551. The van der Waals surface area contributed by atoms with Gasteiger partial charge in [-0.1, -0.05) is 0 Å². The van der Waals surface area contributed by atoms with Crippen molar-refractivity contribution in [2.45, 2.75) is 6.92 Å². The Morgan fingerprint density at radius 3 is 1.89 bits per heavy atom. The first-order valence-electron chi connectivity index (χ1n) is 4.69. The molecule has 0 aliphatic rings. The van der Waals surface area contributed by atoms with Crippen LogP contribution in [0.1, 0.15) is 38.0 Å². The Morgan fingerprint density at radius 2 is 1.61 bits per heavy atom. The smallest absolute Gasteiger partial charge is 0.336 e. The van der Waals surface area contributed by atoms with Crippen molar-refractivity contribution in [2.75, 3.05) is 5.32 Å². The molecule has 0 amide bonds. The average Bonchev–Trinajstić information content (AvgIpc) is 2.27. The number of Topliss-reactive ketones (excluding diaryl/α,β-unsaturated/α-hetero) is 1. The van der Waals surface area contributed by atoms with E-state index in [1.54, 1.807) is 6.19 Å². The van der Waals surface area contributed by atoms with Crippen molar-refractivity contribution in [1.29, 1.82) is 5.26 Å². The van der Waals surface area contributed by atoms with Gasteiger partial charge in [0.1, 0.15) is 0 Å². The topological polar surface area (TPSA) is 127 Å². The molecular weight excluding hydrogens is 240 g/mol. The van der Waals surface area contributed by atoms with E-state index in [1.165, 1.54) is 0 Å². The van der Waals surface area contributed by atoms with Crippen molar-refractivity contribution < 1.29 is 24.6 Å². The highest BCUT2D eigenvalue weighted by atomic mass is 16.4. The number of carboxylic acids is 2. The molecule has 7 nitrogen and oxygen atoms in total. The average molecular weight is 248 g/mol. The fraction of sp³-hybridized carbons (Fsp3) is 0.0909. The van der Waals surface area contributed by atoms with Crippen LogP contribution in [0.15, 0.2) is 12.1 Å². The van der Waals surface area contributed by atoms with Crippen molar-refractivity contribution >= 4 is 23.4 Å². The van der Waals surface area contributed by atoms with Gasteiger partial charge in [-0.2, -0.15) is 5.26 Å². The van der Waals surface area contributed by atoms with Gasteiger partial charge in [-0.3, -0.25) is 10.1 Å². The molecule has 1 aromatic rings. The number of carboxylic acid groups (broad SMARTS) is 2. The normalized spacial score (nSPS) is 9.33. The molecule has 18 heavy (non-hydrogen) atoms. The molecule has 1 aromatic carbocycles. The van der Waals surface area contributed by atoms with E-state index in [-0.39, 0.29) is 5.69 Å². The molecular formula is C11H8N2O5. The van der Waals surface area contributed by atoms with E-state index in [2.05, 4.69) is 5.32 Å². The van der Waals surface area contributed by atoms with Gasteiger partial charge in [0.25, 0.3) is 0 Å². The van der Waals surface area contributed by atoms with Gasteiger partial charge in [0.15, 0.2) is 12.0 Å². The molecule has 0 heterocycles. The van der Waals surface area contributed by atoms with E-state index in [0.717, 1.165) is 19.1 Å². The molecule has 0 fully saturated rings. The Morgan fingerprint density at radius 1 is 1.17 bits per heavy atom. The molecule has 1 rings (SSSR count). The second kappa shape index (κ2) is 4.97. The summed E-state index contributed by atoms with van der Waals surface area (Å²) in [5.74, 6) is -3.55. The van der Waals surface area contributed by atoms with Crippen molar-refractivity contribution in [3.05, 3.63) is 28.8 Å². The van der Waals surface area contributed by atoms with Crippen molar-refractivity contribution in [3.8, 4) is 6.19 Å². The number of aromatic carboxylic acids is 2. The van der Waals surface area contributed by atoms with Gasteiger partial charge < -0.3 is 10.2 Å². The van der Waals surface area contributed by atoms with Crippen LogP contribution in [0.5, 0.6) is 0 Å². The van der Waals surface area contributed by atoms with Crippen molar-refractivity contribution in [2.24, 2.45) is 0 Å². The Labute approximate surface area is 101 Å². The molecule has 0 aromatic heterocycles. The standard InChI is InChI=1S/C11H8N2O5/c1-5(14)9-7(10(15)16)2-6(13-4-12)3-8(9)11(17)18/h2-3,13H,1H3,(H,15,16)(H,17,18). The second-order valence-electron chi connectivity index (χ2n) is 3.35. The van der Waals surface area contributed by atoms with Gasteiger partial charge in [-0.05, 0) is 19.1 Å². The first-order valence-corrected chi connectivity index (χ1v) is 4.69. The third kappa shape index (κ3) is 2.44. The highest BCUT2D eigenvalue weighted by Crippen LogP contribution is 2.22. The minimum Gasteiger partial charge on any atom is -0.478 e. The zero-order valence-electron chi connectivity index (χ0n) is 9.22. The van der Waals surface area contributed by atoms with Crippen LogP contribution < -0.4 is 5.32 Å². The maximum atomic E-state index is 11.4. The minimum absolute atomic E-state index is 0.00250. The molecule has 7 heteroatoms. The number of carbonyl (C=O) groups is 3. The van der Waals surface area contributed by atoms with E-state index < -0.39 is 34.4 Å². The molecule has 0 atom stereocenters. The summed E-state index contributed by atoms with van der Waals surface area (Å²) in [6, 6.07) is 2.07. The van der Waals surface area contributed by atoms with Crippen LogP contribution in [0.4, 0.5) is 5.69 Å². The van der Waals surface area contributed by atoms with E-state index in [0.29, 0.717) is 0 Å². The van der Waals surface area contributed by atoms with Gasteiger partial charge in [-0.25, -0.2) is 9.59 Å². The quantitative estimate of drug-likeness (QED) is 0.414. The summed E-state index contributed by atoms with van der Waals surface area (Å²) < 4.78 is 0. The SMILES string of the molecule is CC(=O)c1c(C(=O)O)cc(NC#N)cc1C(=O)O. The lowest BCUT2D eigenvalue weighted by Crippen LogP contribution is -2.14. The third-order valence-electron chi connectivity index (χ3n) is 2.15. The number of hydrogen-bond acceptors (Lipinski definition) is 5. The van der Waals surface area contributed by atoms with Crippen LogP contribution in [-0.4, -0.2) is 27.9 Å². The summed E-state index contributed by atoms with van der Waals surface area (Å²) in [6.45, 7) is 1.08. The van der Waals surface area contributed by atoms with Crippen LogP contribution in [0.2, 0.25) is 0 Å². The molecule has 0 saturated heterocycles. The van der Waals surface area contributed by atoms with Gasteiger partial charge >= 0.3 is 11.9 Å². The summed E-state index contributed by atoms with van der Waals surface area (Å²) in [6.07, 6.45) is 1.54. The zero-order valence-corrected chi connectivity index (χ0v) is 9.22. The molecule has 3 N–H and O–H groups in total. The minimum atomic E-state index is -1.44.